The number of unbranched alkanes of at least 4 members (excludes halogenated alkanes) is 10. The third-order valence-corrected chi connectivity index (χ3v) is 7.17. The number of halogens is 1. The molecule has 1 aromatic heterocycles. The van der Waals surface area contributed by atoms with Gasteiger partial charge in [-0.15, -0.1) is 0 Å². The van der Waals surface area contributed by atoms with Crippen LogP contribution in [0.15, 0.2) is 42.6 Å². The maximum Gasteiger partial charge on any atom is 0.223 e. The highest BCUT2D eigenvalue weighted by atomic mass is 35.5. The van der Waals surface area contributed by atoms with Gasteiger partial charge in [-0.25, -0.2) is 0 Å². The molecule has 1 unspecified atom stereocenters. The van der Waals surface area contributed by atoms with Crippen molar-refractivity contribution in [1.29, 1.82) is 0 Å². The van der Waals surface area contributed by atoms with E-state index in [4.69, 9.17) is 11.6 Å². The third kappa shape index (κ3) is 10.7. The molecule has 0 spiro atoms. The van der Waals surface area contributed by atoms with Crippen LogP contribution in [-0.4, -0.2) is 21.4 Å². The summed E-state index contributed by atoms with van der Waals surface area (Å²) in [6.45, 7) is 8.04. The van der Waals surface area contributed by atoms with Gasteiger partial charge in [0.15, 0.2) is 0 Å². The summed E-state index contributed by atoms with van der Waals surface area (Å²) in [6.07, 6.45) is 18.1. The first-order valence-corrected chi connectivity index (χ1v) is 14.1. The minimum atomic E-state index is 0.245. The molecule has 190 valence electrons. The molecule has 0 bridgehead atoms. The summed E-state index contributed by atoms with van der Waals surface area (Å²) in [7, 11) is 0. The van der Waals surface area contributed by atoms with Gasteiger partial charge in [-0.2, -0.15) is 0 Å². The highest BCUT2D eigenvalue weighted by molar-refractivity contribution is 6.30. The number of amides is 1. The van der Waals surface area contributed by atoms with Crippen molar-refractivity contribution >= 4 is 17.5 Å². The maximum absolute atomic E-state index is 13.1. The smallest absolute Gasteiger partial charge is 0.223 e. The summed E-state index contributed by atoms with van der Waals surface area (Å²) in [5.74, 6) is 0.292. The van der Waals surface area contributed by atoms with Crippen molar-refractivity contribution in [3.05, 3.63) is 58.9 Å². The van der Waals surface area contributed by atoms with E-state index in [0.29, 0.717) is 18.9 Å². The Morgan fingerprint density at radius 1 is 0.912 bits per heavy atom. The van der Waals surface area contributed by atoms with Crippen molar-refractivity contribution in [3.63, 3.8) is 0 Å². The van der Waals surface area contributed by atoms with Crippen LogP contribution in [0.5, 0.6) is 0 Å². The highest BCUT2D eigenvalue weighted by Crippen LogP contribution is 2.18. The first-order chi connectivity index (χ1) is 16.5. The van der Waals surface area contributed by atoms with Gasteiger partial charge in [0, 0.05) is 35.9 Å². The van der Waals surface area contributed by atoms with E-state index in [2.05, 4.69) is 54.6 Å². The second-order valence-electron chi connectivity index (χ2n) is 9.82. The number of hydrogen-bond acceptors (Lipinski definition) is 1. The average Bonchev–Trinajstić information content (AvgIpc) is 3.26. The summed E-state index contributed by atoms with van der Waals surface area (Å²) in [4.78, 5) is 15.2. The van der Waals surface area contributed by atoms with Crippen molar-refractivity contribution in [3.8, 4) is 0 Å². The SMILES string of the molecule is CCCCCCCCCCCCCC(=O)N(Cc1cccn1Cc1cccc(Cl)c1)C(C)CC. The van der Waals surface area contributed by atoms with Gasteiger partial charge in [0.25, 0.3) is 0 Å². The Hall–Kier alpha value is -1.74. The van der Waals surface area contributed by atoms with Gasteiger partial charge in [-0.05, 0) is 49.6 Å². The molecule has 0 aliphatic carbocycles. The fourth-order valence-corrected chi connectivity index (χ4v) is 4.76. The molecule has 0 aliphatic heterocycles. The van der Waals surface area contributed by atoms with Gasteiger partial charge >= 0.3 is 0 Å². The van der Waals surface area contributed by atoms with Crippen molar-refractivity contribution < 1.29 is 4.79 Å². The lowest BCUT2D eigenvalue weighted by Crippen LogP contribution is -2.38. The number of nitrogens with zero attached hydrogens (tertiary/aromatic N) is 2. The van der Waals surface area contributed by atoms with Crippen LogP contribution in [0.1, 0.15) is 115 Å². The van der Waals surface area contributed by atoms with Crippen LogP contribution >= 0.6 is 11.6 Å². The fraction of sp³-hybridized carbons (Fsp3) is 0.633. The van der Waals surface area contributed by atoms with Crippen molar-refractivity contribution in [1.82, 2.24) is 9.47 Å². The summed E-state index contributed by atoms with van der Waals surface area (Å²) in [5.41, 5.74) is 2.35. The van der Waals surface area contributed by atoms with E-state index in [0.717, 1.165) is 24.4 Å². The van der Waals surface area contributed by atoms with E-state index in [1.807, 2.05) is 18.2 Å². The maximum atomic E-state index is 13.1. The van der Waals surface area contributed by atoms with Gasteiger partial charge < -0.3 is 9.47 Å². The lowest BCUT2D eigenvalue weighted by atomic mass is 10.0. The molecule has 3 nitrogen and oxygen atoms in total. The van der Waals surface area contributed by atoms with Crippen LogP contribution in [0.4, 0.5) is 0 Å². The Morgan fingerprint density at radius 3 is 2.18 bits per heavy atom. The van der Waals surface area contributed by atoms with Crippen LogP contribution in [0.25, 0.3) is 0 Å². The Bertz CT molecular complexity index is 816. The molecule has 1 aromatic carbocycles. The lowest BCUT2D eigenvalue weighted by molar-refractivity contribution is -0.134. The average molecular weight is 487 g/mol. The van der Waals surface area contributed by atoms with Crippen molar-refractivity contribution in [2.24, 2.45) is 0 Å². The number of aromatic nitrogens is 1. The van der Waals surface area contributed by atoms with E-state index in [-0.39, 0.29) is 6.04 Å². The van der Waals surface area contributed by atoms with Crippen molar-refractivity contribution in [2.45, 2.75) is 123 Å². The van der Waals surface area contributed by atoms with E-state index in [1.165, 1.54) is 75.5 Å². The van der Waals surface area contributed by atoms with Crippen LogP contribution in [0.2, 0.25) is 5.02 Å². The van der Waals surface area contributed by atoms with Gasteiger partial charge in [0.2, 0.25) is 5.91 Å². The first-order valence-electron chi connectivity index (χ1n) is 13.7. The molecule has 0 aliphatic rings. The standard InChI is InChI=1S/C30H47ClN2O/c1-4-6-7-8-9-10-11-12-13-14-15-21-30(34)33(26(3)5-2)25-29-20-17-22-32(29)24-27-18-16-19-28(31)23-27/h16-20,22-23,26H,4-15,21,24-25H2,1-3H3. The molecular weight excluding hydrogens is 440 g/mol. The minimum absolute atomic E-state index is 0.245. The van der Waals surface area contributed by atoms with Crippen LogP contribution < -0.4 is 0 Å². The molecule has 0 radical (unpaired) electrons. The monoisotopic (exact) mass is 486 g/mol. The van der Waals surface area contributed by atoms with E-state index >= 15 is 0 Å². The molecule has 0 saturated carbocycles. The highest BCUT2D eigenvalue weighted by Gasteiger charge is 2.20. The third-order valence-electron chi connectivity index (χ3n) is 6.94. The number of rotatable bonds is 18. The lowest BCUT2D eigenvalue weighted by Gasteiger charge is -2.29. The van der Waals surface area contributed by atoms with E-state index < -0.39 is 0 Å². The van der Waals surface area contributed by atoms with Gasteiger partial charge in [0.05, 0.1) is 6.54 Å². The molecule has 0 N–H and O–H groups in total. The first kappa shape index (κ1) is 28.5. The Kier molecular flexibility index (Phi) is 14.1. The predicted molar refractivity (Wildman–Crippen MR) is 146 cm³/mol. The molecular formula is C30H47ClN2O. The summed E-state index contributed by atoms with van der Waals surface area (Å²) < 4.78 is 2.23. The van der Waals surface area contributed by atoms with E-state index in [9.17, 15) is 4.79 Å². The predicted octanol–water partition coefficient (Wildman–Crippen LogP) is 9.02. The summed E-state index contributed by atoms with van der Waals surface area (Å²) in [5, 5.41) is 0.759. The largest absolute Gasteiger partial charge is 0.345 e. The Labute approximate surface area is 213 Å². The summed E-state index contributed by atoms with van der Waals surface area (Å²) in [6, 6.07) is 12.5. The molecule has 1 amide bonds. The second kappa shape index (κ2) is 16.8. The zero-order valence-electron chi connectivity index (χ0n) is 21.9. The molecule has 2 rings (SSSR count). The number of carbonyl (C=O) groups is 1. The molecule has 4 heteroatoms. The molecule has 1 heterocycles. The molecule has 0 saturated heterocycles. The van der Waals surface area contributed by atoms with Gasteiger partial charge in [-0.3, -0.25) is 4.79 Å². The normalized spacial score (nSPS) is 12.1. The summed E-state index contributed by atoms with van der Waals surface area (Å²) >= 11 is 6.17. The van der Waals surface area contributed by atoms with Gasteiger partial charge in [-0.1, -0.05) is 102 Å². The zero-order chi connectivity index (χ0) is 24.6. The Morgan fingerprint density at radius 2 is 1.56 bits per heavy atom. The number of hydrogen-bond donors (Lipinski definition) is 0. The van der Waals surface area contributed by atoms with Crippen LogP contribution in [0.3, 0.4) is 0 Å². The fourth-order valence-electron chi connectivity index (χ4n) is 4.55. The number of benzene rings is 1. The molecule has 2 aromatic rings. The van der Waals surface area contributed by atoms with Crippen molar-refractivity contribution in [2.75, 3.05) is 0 Å². The molecule has 34 heavy (non-hydrogen) atoms. The Balaban J connectivity index is 1.76. The van der Waals surface area contributed by atoms with E-state index in [1.54, 1.807) is 0 Å². The van der Waals surface area contributed by atoms with Gasteiger partial charge in [0.1, 0.15) is 0 Å². The number of carbonyl (C=O) groups excluding carboxylic acids is 1. The minimum Gasteiger partial charge on any atom is -0.345 e. The molecule has 1 atom stereocenters. The quantitative estimate of drug-likeness (QED) is 0.193. The second-order valence-corrected chi connectivity index (χ2v) is 10.3. The van der Waals surface area contributed by atoms with Crippen LogP contribution in [-0.2, 0) is 17.9 Å². The molecule has 0 fully saturated rings. The zero-order valence-corrected chi connectivity index (χ0v) is 22.7. The topological polar surface area (TPSA) is 25.2 Å². The van der Waals surface area contributed by atoms with Crippen LogP contribution in [0, 0.1) is 0 Å².